The molecule has 0 fully saturated rings. The second-order valence-electron chi connectivity index (χ2n) is 7.81. The van der Waals surface area contributed by atoms with Gasteiger partial charge in [0.15, 0.2) is 0 Å². The summed E-state index contributed by atoms with van der Waals surface area (Å²) in [5.41, 5.74) is 5.90. The molecule has 0 heterocycles. The number of hydrogen-bond acceptors (Lipinski definition) is 2. The van der Waals surface area contributed by atoms with Crippen LogP contribution in [-0.2, 0) is 5.41 Å². The van der Waals surface area contributed by atoms with Crippen LogP contribution in [0, 0.1) is 0 Å². The molecule has 0 unspecified atom stereocenters. The van der Waals surface area contributed by atoms with Gasteiger partial charge in [-0.3, -0.25) is 0 Å². The number of aromatic hydroxyl groups is 2. The molecule has 0 radical (unpaired) electrons. The lowest BCUT2D eigenvalue weighted by atomic mass is 9.77. The van der Waals surface area contributed by atoms with Crippen LogP contribution in [0.1, 0.15) is 25.0 Å². The average Bonchev–Trinajstić information content (AvgIpc) is 2.75. The third-order valence-corrected chi connectivity index (χ3v) is 5.64. The third-order valence-electron chi connectivity index (χ3n) is 5.64. The quantitative estimate of drug-likeness (QED) is 0.411. The minimum Gasteiger partial charge on any atom is -0.507 e. The molecular weight excluding hydrogens is 356 g/mol. The van der Waals surface area contributed by atoms with Gasteiger partial charge in [-0.25, -0.2) is 0 Å². The van der Waals surface area contributed by atoms with Crippen molar-refractivity contribution in [2.24, 2.45) is 0 Å². The Morgan fingerprint density at radius 2 is 0.828 bits per heavy atom. The topological polar surface area (TPSA) is 40.5 Å². The third kappa shape index (κ3) is 3.62. The van der Waals surface area contributed by atoms with Gasteiger partial charge in [0.25, 0.3) is 0 Å². The molecule has 0 aliphatic rings. The second-order valence-corrected chi connectivity index (χ2v) is 7.81. The molecule has 0 aliphatic heterocycles. The fourth-order valence-corrected chi connectivity index (χ4v) is 3.74. The minimum atomic E-state index is -0.172. The van der Waals surface area contributed by atoms with E-state index in [0.717, 1.165) is 22.3 Å². The van der Waals surface area contributed by atoms with E-state index in [-0.39, 0.29) is 5.41 Å². The molecule has 0 atom stereocenters. The van der Waals surface area contributed by atoms with Crippen LogP contribution in [0.2, 0.25) is 0 Å². The Kier molecular flexibility index (Phi) is 4.85. The Morgan fingerprint density at radius 1 is 0.483 bits per heavy atom. The number of phenolic OH excluding ortho intramolecular Hbond substituents is 2. The SMILES string of the molecule is CC(C)(c1ccc(-c2ccccc2O)cc1)c1ccc(-c2ccccc2O)cc1. The molecule has 2 nitrogen and oxygen atoms in total. The van der Waals surface area contributed by atoms with Crippen LogP contribution >= 0.6 is 0 Å². The fourth-order valence-electron chi connectivity index (χ4n) is 3.74. The van der Waals surface area contributed by atoms with Crippen molar-refractivity contribution in [3.8, 4) is 33.8 Å². The zero-order valence-corrected chi connectivity index (χ0v) is 16.6. The lowest BCUT2D eigenvalue weighted by Crippen LogP contribution is -2.18. The van der Waals surface area contributed by atoms with Gasteiger partial charge < -0.3 is 10.2 Å². The molecular formula is C27H24O2. The van der Waals surface area contributed by atoms with E-state index in [9.17, 15) is 10.2 Å². The molecule has 0 saturated heterocycles. The molecule has 0 bridgehead atoms. The van der Waals surface area contributed by atoms with Crippen LogP contribution in [0.3, 0.4) is 0 Å². The first-order valence-electron chi connectivity index (χ1n) is 9.74. The number of para-hydroxylation sites is 2. The maximum atomic E-state index is 10.1. The monoisotopic (exact) mass is 380 g/mol. The van der Waals surface area contributed by atoms with Crippen molar-refractivity contribution in [3.05, 3.63) is 108 Å². The Morgan fingerprint density at radius 3 is 1.17 bits per heavy atom. The maximum absolute atomic E-state index is 10.1. The molecule has 29 heavy (non-hydrogen) atoms. The van der Waals surface area contributed by atoms with Crippen molar-refractivity contribution in [2.75, 3.05) is 0 Å². The maximum Gasteiger partial charge on any atom is 0.123 e. The van der Waals surface area contributed by atoms with Crippen molar-refractivity contribution in [1.29, 1.82) is 0 Å². The van der Waals surface area contributed by atoms with E-state index in [1.54, 1.807) is 12.1 Å². The van der Waals surface area contributed by atoms with Gasteiger partial charge in [0, 0.05) is 16.5 Å². The van der Waals surface area contributed by atoms with E-state index in [2.05, 4.69) is 62.4 Å². The highest BCUT2D eigenvalue weighted by molar-refractivity contribution is 5.71. The molecule has 4 rings (SSSR count). The molecule has 0 saturated carbocycles. The van der Waals surface area contributed by atoms with Crippen LogP contribution in [0.15, 0.2) is 97.1 Å². The predicted molar refractivity (Wildman–Crippen MR) is 119 cm³/mol. The number of phenols is 2. The predicted octanol–water partition coefficient (Wildman–Crippen LogP) is 6.76. The van der Waals surface area contributed by atoms with E-state index in [1.807, 2.05) is 36.4 Å². The summed E-state index contributed by atoms with van der Waals surface area (Å²) in [4.78, 5) is 0. The van der Waals surface area contributed by atoms with Crippen molar-refractivity contribution in [1.82, 2.24) is 0 Å². The molecule has 4 aromatic carbocycles. The Labute approximate surface area is 171 Å². The summed E-state index contributed by atoms with van der Waals surface area (Å²) in [6.45, 7) is 4.41. The summed E-state index contributed by atoms with van der Waals surface area (Å²) in [6.07, 6.45) is 0. The van der Waals surface area contributed by atoms with Crippen molar-refractivity contribution in [2.45, 2.75) is 19.3 Å². The Hall–Kier alpha value is -3.52. The van der Waals surface area contributed by atoms with Gasteiger partial charge in [0.05, 0.1) is 0 Å². The number of rotatable bonds is 4. The first-order chi connectivity index (χ1) is 14.0. The second kappa shape index (κ2) is 7.48. The van der Waals surface area contributed by atoms with Crippen LogP contribution in [0.5, 0.6) is 11.5 Å². The van der Waals surface area contributed by atoms with Crippen molar-refractivity contribution in [3.63, 3.8) is 0 Å². The summed E-state index contributed by atoms with van der Waals surface area (Å²) in [7, 11) is 0. The van der Waals surface area contributed by atoms with E-state index in [4.69, 9.17) is 0 Å². The molecule has 0 aliphatic carbocycles. The average molecular weight is 380 g/mol. The zero-order chi connectivity index (χ0) is 20.4. The van der Waals surface area contributed by atoms with E-state index in [0.29, 0.717) is 11.5 Å². The van der Waals surface area contributed by atoms with E-state index < -0.39 is 0 Å². The lowest BCUT2D eigenvalue weighted by molar-refractivity contribution is 0.477. The largest absolute Gasteiger partial charge is 0.507 e. The molecule has 2 heteroatoms. The van der Waals surface area contributed by atoms with Gasteiger partial charge in [0.1, 0.15) is 11.5 Å². The van der Waals surface area contributed by atoms with Crippen molar-refractivity contribution >= 4 is 0 Å². The van der Waals surface area contributed by atoms with Crippen LogP contribution in [0.4, 0.5) is 0 Å². The molecule has 2 N–H and O–H groups in total. The van der Waals surface area contributed by atoms with E-state index >= 15 is 0 Å². The Bertz CT molecular complexity index is 1030. The van der Waals surface area contributed by atoms with Gasteiger partial charge in [-0.2, -0.15) is 0 Å². The van der Waals surface area contributed by atoms with E-state index in [1.165, 1.54) is 11.1 Å². The molecule has 4 aromatic rings. The van der Waals surface area contributed by atoms with Crippen molar-refractivity contribution < 1.29 is 10.2 Å². The van der Waals surface area contributed by atoms with Gasteiger partial charge >= 0.3 is 0 Å². The highest BCUT2D eigenvalue weighted by Crippen LogP contribution is 2.36. The zero-order valence-electron chi connectivity index (χ0n) is 16.6. The molecule has 0 amide bonds. The molecule has 144 valence electrons. The van der Waals surface area contributed by atoms with Gasteiger partial charge in [0.2, 0.25) is 0 Å². The molecule has 0 aromatic heterocycles. The van der Waals surface area contributed by atoms with Crippen LogP contribution < -0.4 is 0 Å². The van der Waals surface area contributed by atoms with Crippen LogP contribution in [0.25, 0.3) is 22.3 Å². The molecule has 0 spiro atoms. The number of hydrogen-bond donors (Lipinski definition) is 2. The summed E-state index contributed by atoms with van der Waals surface area (Å²) >= 11 is 0. The minimum absolute atomic E-state index is 0.172. The lowest BCUT2D eigenvalue weighted by Gasteiger charge is -2.26. The summed E-state index contributed by atoms with van der Waals surface area (Å²) in [5.74, 6) is 0.582. The number of benzene rings is 4. The summed E-state index contributed by atoms with van der Waals surface area (Å²) < 4.78 is 0. The highest BCUT2D eigenvalue weighted by Gasteiger charge is 2.23. The van der Waals surface area contributed by atoms with Crippen LogP contribution in [-0.4, -0.2) is 10.2 Å². The standard InChI is InChI=1S/C27H24O2/c1-27(2,21-15-11-19(12-16-21)23-7-3-5-9-25(23)28)22-17-13-20(14-18-22)24-8-4-6-10-26(24)29/h3-18,28-29H,1-2H3. The first-order valence-corrected chi connectivity index (χ1v) is 9.74. The smallest absolute Gasteiger partial charge is 0.123 e. The summed E-state index contributed by atoms with van der Waals surface area (Å²) in [5, 5.41) is 20.2. The Balaban J connectivity index is 1.63. The highest BCUT2D eigenvalue weighted by atomic mass is 16.3. The summed E-state index contributed by atoms with van der Waals surface area (Å²) in [6, 6.07) is 31.5. The van der Waals surface area contributed by atoms with Gasteiger partial charge in [-0.15, -0.1) is 0 Å². The van der Waals surface area contributed by atoms with Gasteiger partial charge in [-0.05, 0) is 34.4 Å². The fraction of sp³-hybridized carbons (Fsp3) is 0.111. The van der Waals surface area contributed by atoms with Gasteiger partial charge in [-0.1, -0.05) is 98.8 Å². The normalized spacial score (nSPS) is 11.4. The first kappa shape index (κ1) is 18.8.